The SMILES string of the molecule is NC/C(=C\F)Cn1ncn(Cc2ccc(-c3ccc(N4CCCC4=O)cc3)s2)c1=O. The van der Waals surface area contributed by atoms with Crippen molar-refractivity contribution in [2.75, 3.05) is 18.0 Å². The summed E-state index contributed by atoms with van der Waals surface area (Å²) in [6, 6.07) is 12.0. The Balaban J connectivity index is 1.47. The first-order valence-corrected chi connectivity index (χ1v) is 10.5. The van der Waals surface area contributed by atoms with Crippen LogP contribution in [0, 0.1) is 0 Å². The highest BCUT2D eigenvalue weighted by Gasteiger charge is 2.21. The molecule has 0 spiro atoms. The number of hydrogen-bond donors (Lipinski definition) is 1. The molecule has 1 saturated heterocycles. The number of carbonyl (C=O) groups is 1. The van der Waals surface area contributed by atoms with E-state index in [4.69, 9.17) is 5.73 Å². The van der Waals surface area contributed by atoms with Crippen LogP contribution in [-0.4, -0.2) is 33.3 Å². The van der Waals surface area contributed by atoms with Crippen molar-refractivity contribution in [2.45, 2.75) is 25.9 Å². The van der Waals surface area contributed by atoms with Crippen LogP contribution in [0.1, 0.15) is 17.7 Å². The van der Waals surface area contributed by atoms with Crippen molar-refractivity contribution in [3.63, 3.8) is 0 Å². The quantitative estimate of drug-likeness (QED) is 0.628. The van der Waals surface area contributed by atoms with E-state index >= 15 is 0 Å². The van der Waals surface area contributed by atoms with Gasteiger partial charge in [-0.25, -0.2) is 13.9 Å². The van der Waals surface area contributed by atoms with Crippen LogP contribution in [0.4, 0.5) is 10.1 Å². The molecule has 1 aromatic carbocycles. The van der Waals surface area contributed by atoms with Gasteiger partial charge in [-0.1, -0.05) is 12.1 Å². The second-order valence-electron chi connectivity index (χ2n) is 7.13. The van der Waals surface area contributed by atoms with Crippen LogP contribution >= 0.6 is 11.3 Å². The van der Waals surface area contributed by atoms with Gasteiger partial charge in [-0.2, -0.15) is 5.10 Å². The largest absolute Gasteiger partial charge is 0.346 e. The van der Waals surface area contributed by atoms with Gasteiger partial charge in [-0.3, -0.25) is 9.36 Å². The van der Waals surface area contributed by atoms with Crippen LogP contribution in [0.25, 0.3) is 10.4 Å². The van der Waals surface area contributed by atoms with E-state index in [1.807, 2.05) is 41.3 Å². The first-order valence-electron chi connectivity index (χ1n) is 9.69. The van der Waals surface area contributed by atoms with Crippen LogP contribution in [-0.2, 0) is 17.9 Å². The van der Waals surface area contributed by atoms with Gasteiger partial charge in [0.2, 0.25) is 5.91 Å². The van der Waals surface area contributed by atoms with Crippen LogP contribution < -0.4 is 16.3 Å². The number of anilines is 1. The second-order valence-corrected chi connectivity index (χ2v) is 8.30. The monoisotopic (exact) mass is 427 g/mol. The third kappa shape index (κ3) is 4.12. The van der Waals surface area contributed by atoms with E-state index in [1.54, 1.807) is 11.3 Å². The minimum absolute atomic E-state index is 0.0365. The summed E-state index contributed by atoms with van der Waals surface area (Å²) in [4.78, 5) is 28.3. The molecule has 0 unspecified atom stereocenters. The third-order valence-corrected chi connectivity index (χ3v) is 6.21. The van der Waals surface area contributed by atoms with Gasteiger partial charge >= 0.3 is 5.69 Å². The van der Waals surface area contributed by atoms with Gasteiger partial charge in [0, 0.05) is 35.0 Å². The third-order valence-electron chi connectivity index (χ3n) is 5.09. The van der Waals surface area contributed by atoms with Crippen LogP contribution in [0.2, 0.25) is 0 Å². The lowest BCUT2D eigenvalue weighted by Gasteiger charge is -2.15. The van der Waals surface area contributed by atoms with Gasteiger partial charge in [0.05, 0.1) is 19.4 Å². The van der Waals surface area contributed by atoms with Crippen molar-refractivity contribution in [1.82, 2.24) is 14.3 Å². The fourth-order valence-corrected chi connectivity index (χ4v) is 4.45. The Kier molecular flexibility index (Phi) is 5.91. The summed E-state index contributed by atoms with van der Waals surface area (Å²) in [5.74, 6) is 0.174. The zero-order valence-electron chi connectivity index (χ0n) is 16.3. The maximum Gasteiger partial charge on any atom is 0.346 e. The van der Waals surface area contributed by atoms with E-state index in [1.165, 1.54) is 15.6 Å². The molecule has 1 aliphatic heterocycles. The molecule has 0 bridgehead atoms. The zero-order valence-corrected chi connectivity index (χ0v) is 17.1. The molecule has 30 heavy (non-hydrogen) atoms. The molecule has 1 aliphatic rings. The number of thiophene rings is 1. The summed E-state index contributed by atoms with van der Waals surface area (Å²) in [7, 11) is 0. The number of nitrogens with two attached hydrogens (primary N) is 1. The van der Waals surface area contributed by atoms with E-state index in [0.29, 0.717) is 24.9 Å². The van der Waals surface area contributed by atoms with Gasteiger partial charge in [-0.15, -0.1) is 11.3 Å². The Morgan fingerprint density at radius 2 is 2.00 bits per heavy atom. The van der Waals surface area contributed by atoms with E-state index in [0.717, 1.165) is 34.0 Å². The van der Waals surface area contributed by atoms with Crippen molar-refractivity contribution in [3.05, 3.63) is 70.0 Å². The molecule has 4 rings (SSSR count). The average molecular weight is 428 g/mol. The summed E-state index contributed by atoms with van der Waals surface area (Å²) in [5.41, 5.74) is 7.43. The summed E-state index contributed by atoms with van der Waals surface area (Å²) in [6.07, 6.45) is 3.39. The lowest BCUT2D eigenvalue weighted by molar-refractivity contribution is -0.117. The minimum Gasteiger partial charge on any atom is -0.327 e. The molecule has 0 atom stereocenters. The van der Waals surface area contributed by atoms with Crippen molar-refractivity contribution < 1.29 is 9.18 Å². The molecule has 0 radical (unpaired) electrons. The summed E-state index contributed by atoms with van der Waals surface area (Å²) < 4.78 is 15.4. The Labute approximate surface area is 176 Å². The second kappa shape index (κ2) is 8.76. The lowest BCUT2D eigenvalue weighted by Crippen LogP contribution is -2.26. The highest BCUT2D eigenvalue weighted by Crippen LogP contribution is 2.31. The molecular weight excluding hydrogens is 405 g/mol. The molecule has 1 amide bonds. The Morgan fingerprint density at radius 1 is 1.20 bits per heavy atom. The van der Waals surface area contributed by atoms with Gasteiger partial charge < -0.3 is 10.6 Å². The molecule has 0 aliphatic carbocycles. The summed E-state index contributed by atoms with van der Waals surface area (Å²) in [5, 5.41) is 4.04. The van der Waals surface area contributed by atoms with E-state index in [9.17, 15) is 14.0 Å². The zero-order chi connectivity index (χ0) is 21.1. The fourth-order valence-electron chi connectivity index (χ4n) is 3.44. The fraction of sp³-hybridized carbons (Fsp3) is 0.286. The Bertz CT molecular complexity index is 1130. The average Bonchev–Trinajstić information content (AvgIpc) is 3.49. The van der Waals surface area contributed by atoms with Gasteiger partial charge in [0.15, 0.2) is 0 Å². The molecule has 2 N–H and O–H groups in total. The molecule has 1 fully saturated rings. The molecule has 9 heteroatoms. The first kappa shape index (κ1) is 20.2. The van der Waals surface area contributed by atoms with Crippen LogP contribution in [0.3, 0.4) is 0 Å². The minimum atomic E-state index is -0.308. The number of nitrogens with zero attached hydrogens (tertiary/aromatic N) is 4. The molecule has 7 nitrogen and oxygen atoms in total. The molecular formula is C21H22FN5O2S. The highest BCUT2D eigenvalue weighted by atomic mass is 32.1. The molecule has 3 heterocycles. The van der Waals surface area contributed by atoms with E-state index in [2.05, 4.69) is 5.10 Å². The number of rotatable bonds is 7. The van der Waals surface area contributed by atoms with Crippen molar-refractivity contribution in [2.24, 2.45) is 5.73 Å². The topological polar surface area (TPSA) is 86.2 Å². The standard InChI is InChI=1S/C21H22FN5O2S/c22-10-15(11-23)12-27-21(29)25(14-24-27)13-18-7-8-19(30-18)16-3-5-17(6-4-16)26-9-1-2-20(26)28/h3-8,10,14H,1-2,9,11-13,23H2/b15-10+. The van der Waals surface area contributed by atoms with Gasteiger partial charge in [0.1, 0.15) is 6.33 Å². The Hall–Kier alpha value is -3.04. The Morgan fingerprint density at radius 3 is 2.67 bits per heavy atom. The summed E-state index contributed by atoms with van der Waals surface area (Å²) >= 11 is 1.59. The molecule has 2 aromatic heterocycles. The van der Waals surface area contributed by atoms with Crippen LogP contribution in [0.15, 0.2) is 59.4 Å². The number of aromatic nitrogens is 3. The number of benzene rings is 1. The molecule has 3 aromatic rings. The number of halogens is 1. The summed E-state index contributed by atoms with van der Waals surface area (Å²) in [6.45, 7) is 1.24. The normalized spacial score (nSPS) is 14.7. The van der Waals surface area contributed by atoms with Crippen LogP contribution in [0.5, 0.6) is 0 Å². The smallest absolute Gasteiger partial charge is 0.327 e. The van der Waals surface area contributed by atoms with Crippen molar-refractivity contribution >= 4 is 22.9 Å². The van der Waals surface area contributed by atoms with Gasteiger partial charge in [-0.05, 0) is 41.8 Å². The lowest BCUT2D eigenvalue weighted by atomic mass is 10.1. The van der Waals surface area contributed by atoms with E-state index < -0.39 is 0 Å². The number of hydrogen-bond acceptors (Lipinski definition) is 5. The molecule has 0 saturated carbocycles. The predicted octanol–water partition coefficient (Wildman–Crippen LogP) is 2.76. The number of amides is 1. The van der Waals surface area contributed by atoms with Crippen molar-refractivity contribution in [3.8, 4) is 10.4 Å². The molecule has 156 valence electrons. The highest BCUT2D eigenvalue weighted by molar-refractivity contribution is 7.15. The van der Waals surface area contributed by atoms with Gasteiger partial charge in [0.25, 0.3) is 0 Å². The maximum absolute atomic E-state index is 12.7. The van der Waals surface area contributed by atoms with Crippen molar-refractivity contribution in [1.29, 1.82) is 0 Å². The maximum atomic E-state index is 12.7. The first-order chi connectivity index (χ1) is 14.6. The number of carbonyl (C=O) groups excluding carboxylic acids is 1. The van der Waals surface area contributed by atoms with E-state index in [-0.39, 0.29) is 24.7 Å². The predicted molar refractivity (Wildman–Crippen MR) is 115 cm³/mol.